The maximum absolute atomic E-state index is 11.6. The molecule has 0 saturated heterocycles. The van der Waals surface area contributed by atoms with Crippen molar-refractivity contribution in [2.45, 2.75) is 13.0 Å². The van der Waals surface area contributed by atoms with Crippen LogP contribution in [0.5, 0.6) is 0 Å². The third-order valence-corrected chi connectivity index (χ3v) is 3.87. The fraction of sp³-hybridized carbons (Fsp3) is 0.417. The van der Waals surface area contributed by atoms with Crippen LogP contribution in [0.3, 0.4) is 0 Å². The monoisotopic (exact) mass is 287 g/mol. The SMILES string of the molecule is COCCCS(=O)(=O)NCc1ccc(C(=O)O)cc1. The Bertz CT molecular complexity index is 509. The van der Waals surface area contributed by atoms with E-state index in [0.717, 1.165) is 0 Å². The molecule has 2 N–H and O–H groups in total. The molecule has 0 spiro atoms. The highest BCUT2D eigenvalue weighted by Gasteiger charge is 2.09. The van der Waals surface area contributed by atoms with Gasteiger partial charge in [0.05, 0.1) is 11.3 Å². The van der Waals surface area contributed by atoms with Gasteiger partial charge in [0.25, 0.3) is 0 Å². The zero-order valence-electron chi connectivity index (χ0n) is 10.6. The van der Waals surface area contributed by atoms with Gasteiger partial charge in [0.2, 0.25) is 10.0 Å². The number of hydrogen-bond acceptors (Lipinski definition) is 4. The lowest BCUT2D eigenvalue weighted by molar-refractivity contribution is 0.0697. The lowest BCUT2D eigenvalue weighted by Gasteiger charge is -2.06. The minimum Gasteiger partial charge on any atom is -0.478 e. The Morgan fingerprint density at radius 1 is 1.32 bits per heavy atom. The standard InChI is InChI=1S/C12H17NO5S/c1-18-7-2-8-19(16,17)13-9-10-3-5-11(6-4-10)12(14)15/h3-6,13H,2,7-9H2,1H3,(H,14,15). The Morgan fingerprint density at radius 3 is 2.47 bits per heavy atom. The van der Waals surface area contributed by atoms with Crippen molar-refractivity contribution >= 4 is 16.0 Å². The molecule has 0 aromatic heterocycles. The highest BCUT2D eigenvalue weighted by Crippen LogP contribution is 2.05. The second-order valence-corrected chi connectivity index (χ2v) is 5.91. The molecule has 0 unspecified atom stereocenters. The number of carbonyl (C=O) groups is 1. The topological polar surface area (TPSA) is 92.7 Å². The third kappa shape index (κ3) is 5.82. The van der Waals surface area contributed by atoms with Crippen molar-refractivity contribution in [1.29, 1.82) is 0 Å². The lowest BCUT2D eigenvalue weighted by Crippen LogP contribution is -2.26. The molecular weight excluding hydrogens is 270 g/mol. The molecule has 1 aromatic rings. The number of ether oxygens (including phenoxy) is 1. The van der Waals surface area contributed by atoms with Crippen LogP contribution in [0.25, 0.3) is 0 Å². The normalized spacial score (nSPS) is 11.4. The summed E-state index contributed by atoms with van der Waals surface area (Å²) in [5.41, 5.74) is 0.881. The molecule has 6 nitrogen and oxygen atoms in total. The fourth-order valence-corrected chi connectivity index (χ4v) is 2.45. The number of carboxylic acids is 1. The second kappa shape index (κ2) is 7.22. The molecule has 0 atom stereocenters. The Hall–Kier alpha value is -1.44. The first-order chi connectivity index (χ1) is 8.94. The van der Waals surface area contributed by atoms with Crippen molar-refractivity contribution in [2.75, 3.05) is 19.5 Å². The van der Waals surface area contributed by atoms with Crippen LogP contribution in [0.15, 0.2) is 24.3 Å². The van der Waals surface area contributed by atoms with E-state index in [-0.39, 0.29) is 17.9 Å². The molecule has 0 radical (unpaired) electrons. The van der Waals surface area contributed by atoms with E-state index in [1.54, 1.807) is 12.1 Å². The number of rotatable bonds is 8. The van der Waals surface area contributed by atoms with E-state index in [9.17, 15) is 13.2 Å². The van der Waals surface area contributed by atoms with Gasteiger partial charge in [-0.2, -0.15) is 0 Å². The average molecular weight is 287 g/mol. The number of carboxylic acid groups (broad SMARTS) is 1. The van der Waals surface area contributed by atoms with Crippen molar-refractivity contribution in [3.8, 4) is 0 Å². The quantitative estimate of drug-likeness (QED) is 0.691. The van der Waals surface area contributed by atoms with Gasteiger partial charge >= 0.3 is 5.97 Å². The van der Waals surface area contributed by atoms with Gasteiger partial charge in [0, 0.05) is 20.3 Å². The number of hydrogen-bond donors (Lipinski definition) is 2. The zero-order chi connectivity index (χ0) is 14.3. The van der Waals surface area contributed by atoms with Gasteiger partial charge in [-0.3, -0.25) is 0 Å². The maximum atomic E-state index is 11.6. The lowest BCUT2D eigenvalue weighted by atomic mass is 10.1. The van der Waals surface area contributed by atoms with Crippen molar-refractivity contribution in [2.24, 2.45) is 0 Å². The van der Waals surface area contributed by atoms with E-state index in [4.69, 9.17) is 9.84 Å². The summed E-state index contributed by atoms with van der Waals surface area (Å²) in [5, 5.41) is 8.73. The smallest absolute Gasteiger partial charge is 0.335 e. The number of aromatic carboxylic acids is 1. The Kier molecular flexibility index (Phi) is 5.94. The summed E-state index contributed by atoms with van der Waals surface area (Å²) in [6.45, 7) is 0.545. The van der Waals surface area contributed by atoms with Crippen molar-refractivity contribution < 1.29 is 23.1 Å². The van der Waals surface area contributed by atoms with Gasteiger partial charge in [-0.1, -0.05) is 12.1 Å². The van der Waals surface area contributed by atoms with Crippen LogP contribution in [0, 0.1) is 0 Å². The average Bonchev–Trinajstić information content (AvgIpc) is 2.37. The van der Waals surface area contributed by atoms with Crippen LogP contribution in [0.1, 0.15) is 22.3 Å². The number of nitrogens with one attached hydrogen (secondary N) is 1. The van der Waals surface area contributed by atoms with Crippen molar-refractivity contribution in [1.82, 2.24) is 4.72 Å². The molecule has 0 heterocycles. The van der Waals surface area contributed by atoms with Gasteiger partial charge < -0.3 is 9.84 Å². The van der Waals surface area contributed by atoms with E-state index < -0.39 is 16.0 Å². The molecule has 19 heavy (non-hydrogen) atoms. The minimum atomic E-state index is -3.32. The van der Waals surface area contributed by atoms with Gasteiger partial charge in [-0.05, 0) is 24.1 Å². The number of benzene rings is 1. The summed E-state index contributed by atoms with van der Waals surface area (Å²) in [6, 6.07) is 6.05. The highest BCUT2D eigenvalue weighted by molar-refractivity contribution is 7.89. The van der Waals surface area contributed by atoms with Crippen LogP contribution in [-0.2, 0) is 21.3 Å². The molecule has 0 amide bonds. The summed E-state index contributed by atoms with van der Waals surface area (Å²) in [4.78, 5) is 10.7. The van der Waals surface area contributed by atoms with Crippen molar-refractivity contribution in [3.63, 3.8) is 0 Å². The molecule has 7 heteroatoms. The van der Waals surface area contributed by atoms with Gasteiger partial charge in [0.15, 0.2) is 0 Å². The summed E-state index contributed by atoms with van der Waals surface area (Å²) < 4.78 is 30.4. The van der Waals surface area contributed by atoms with Gasteiger partial charge in [-0.15, -0.1) is 0 Å². The molecule has 1 rings (SSSR count). The molecule has 0 aliphatic carbocycles. The van der Waals surface area contributed by atoms with E-state index in [0.29, 0.717) is 18.6 Å². The van der Waals surface area contributed by atoms with E-state index in [1.165, 1.54) is 19.2 Å². The first-order valence-corrected chi connectivity index (χ1v) is 7.38. The molecule has 1 aromatic carbocycles. The van der Waals surface area contributed by atoms with Crippen LogP contribution in [-0.4, -0.2) is 39.0 Å². The Balaban J connectivity index is 2.49. The van der Waals surface area contributed by atoms with E-state index in [1.807, 2.05) is 0 Å². The molecule has 0 fully saturated rings. The molecule has 106 valence electrons. The number of methoxy groups -OCH3 is 1. The Labute approximate surface area is 112 Å². The predicted octanol–water partition coefficient (Wildman–Crippen LogP) is 0.841. The fourth-order valence-electron chi connectivity index (χ4n) is 1.42. The summed E-state index contributed by atoms with van der Waals surface area (Å²) >= 11 is 0. The largest absolute Gasteiger partial charge is 0.478 e. The maximum Gasteiger partial charge on any atom is 0.335 e. The predicted molar refractivity (Wildman–Crippen MR) is 70.5 cm³/mol. The highest BCUT2D eigenvalue weighted by atomic mass is 32.2. The van der Waals surface area contributed by atoms with Crippen molar-refractivity contribution in [3.05, 3.63) is 35.4 Å². The molecular formula is C12H17NO5S. The van der Waals surface area contributed by atoms with Crippen LogP contribution in [0.4, 0.5) is 0 Å². The first-order valence-electron chi connectivity index (χ1n) is 5.73. The number of sulfonamides is 1. The third-order valence-electron chi connectivity index (χ3n) is 2.46. The molecule has 0 aliphatic rings. The second-order valence-electron chi connectivity index (χ2n) is 3.99. The van der Waals surface area contributed by atoms with Crippen LogP contribution < -0.4 is 4.72 Å². The first kappa shape index (κ1) is 15.6. The van der Waals surface area contributed by atoms with E-state index in [2.05, 4.69) is 4.72 Å². The summed E-state index contributed by atoms with van der Waals surface area (Å²) in [6.07, 6.45) is 0.434. The summed E-state index contributed by atoms with van der Waals surface area (Å²) in [5.74, 6) is -1.000. The van der Waals surface area contributed by atoms with Crippen LogP contribution in [0.2, 0.25) is 0 Å². The Morgan fingerprint density at radius 2 is 1.95 bits per heavy atom. The molecule has 0 aliphatic heterocycles. The van der Waals surface area contributed by atoms with Gasteiger partial charge in [0.1, 0.15) is 0 Å². The zero-order valence-corrected chi connectivity index (χ0v) is 11.4. The molecule has 0 bridgehead atoms. The van der Waals surface area contributed by atoms with E-state index >= 15 is 0 Å². The van der Waals surface area contributed by atoms with Gasteiger partial charge in [-0.25, -0.2) is 17.9 Å². The molecule has 0 saturated carbocycles. The summed E-state index contributed by atoms with van der Waals surface area (Å²) in [7, 11) is -1.81. The minimum absolute atomic E-state index is 0.00799. The van der Waals surface area contributed by atoms with Crippen LogP contribution >= 0.6 is 0 Å².